The number of aryl methyl sites for hydroxylation is 2. The first-order valence-electron chi connectivity index (χ1n) is 8.14. The minimum absolute atomic E-state index is 0.159. The second kappa shape index (κ2) is 7.14. The molecular formula is C22H19NO2. The van der Waals surface area contributed by atoms with E-state index >= 15 is 0 Å². The van der Waals surface area contributed by atoms with Gasteiger partial charge in [0.15, 0.2) is 5.78 Å². The Labute approximate surface area is 147 Å². The Bertz CT molecular complexity index is 910. The summed E-state index contributed by atoms with van der Waals surface area (Å²) in [6.45, 7) is 3.90. The third-order valence-electron chi connectivity index (χ3n) is 4.17. The monoisotopic (exact) mass is 329 g/mol. The Morgan fingerprint density at radius 3 is 1.88 bits per heavy atom. The number of carbonyl (C=O) groups excluding carboxylic acids is 2. The lowest BCUT2D eigenvalue weighted by molar-refractivity contribution is 0.0996. The third kappa shape index (κ3) is 3.50. The Kier molecular flexibility index (Phi) is 4.75. The van der Waals surface area contributed by atoms with Gasteiger partial charge in [-0.15, -0.1) is 0 Å². The number of hydrogen-bond donors (Lipinski definition) is 1. The number of rotatable bonds is 4. The maximum Gasteiger partial charge on any atom is 0.256 e. The van der Waals surface area contributed by atoms with Crippen molar-refractivity contribution in [2.24, 2.45) is 0 Å². The number of amides is 1. The summed E-state index contributed by atoms with van der Waals surface area (Å²) in [4.78, 5) is 25.6. The predicted octanol–water partition coefficient (Wildman–Crippen LogP) is 4.79. The van der Waals surface area contributed by atoms with Crippen LogP contribution in [0, 0.1) is 13.8 Å². The molecule has 0 fully saturated rings. The Morgan fingerprint density at radius 1 is 0.680 bits per heavy atom. The molecule has 3 aromatic carbocycles. The zero-order valence-electron chi connectivity index (χ0n) is 14.2. The van der Waals surface area contributed by atoms with Gasteiger partial charge in [0.1, 0.15) is 0 Å². The quantitative estimate of drug-likeness (QED) is 0.700. The van der Waals surface area contributed by atoms with Gasteiger partial charge in [-0.1, -0.05) is 66.7 Å². The summed E-state index contributed by atoms with van der Waals surface area (Å²) in [5, 5.41) is 2.95. The van der Waals surface area contributed by atoms with E-state index in [0.29, 0.717) is 16.7 Å². The molecule has 0 atom stereocenters. The topological polar surface area (TPSA) is 46.2 Å². The zero-order valence-corrected chi connectivity index (χ0v) is 14.2. The lowest BCUT2D eigenvalue weighted by atomic mass is 9.97. The molecule has 1 N–H and O–H groups in total. The third-order valence-corrected chi connectivity index (χ3v) is 4.17. The van der Waals surface area contributed by atoms with E-state index in [1.165, 1.54) is 0 Å². The second-order valence-electron chi connectivity index (χ2n) is 5.96. The molecule has 0 aliphatic rings. The maximum atomic E-state index is 12.8. The van der Waals surface area contributed by atoms with E-state index in [4.69, 9.17) is 0 Å². The number of ketones is 1. The van der Waals surface area contributed by atoms with E-state index in [1.54, 1.807) is 36.4 Å². The van der Waals surface area contributed by atoms with Gasteiger partial charge in [-0.25, -0.2) is 0 Å². The van der Waals surface area contributed by atoms with Crippen LogP contribution in [0.2, 0.25) is 0 Å². The van der Waals surface area contributed by atoms with E-state index in [-0.39, 0.29) is 11.7 Å². The van der Waals surface area contributed by atoms with Crippen LogP contribution in [0.25, 0.3) is 0 Å². The molecule has 0 aromatic heterocycles. The molecular weight excluding hydrogens is 310 g/mol. The van der Waals surface area contributed by atoms with Crippen LogP contribution in [-0.4, -0.2) is 11.7 Å². The van der Waals surface area contributed by atoms with Crippen molar-refractivity contribution in [2.75, 3.05) is 5.32 Å². The number of anilines is 1. The average molecular weight is 329 g/mol. The van der Waals surface area contributed by atoms with Crippen LogP contribution in [0.3, 0.4) is 0 Å². The lowest BCUT2D eigenvalue weighted by Gasteiger charge is -2.13. The number of benzene rings is 3. The molecule has 0 aliphatic carbocycles. The van der Waals surface area contributed by atoms with Crippen LogP contribution in [-0.2, 0) is 0 Å². The standard InChI is InChI=1S/C22H19NO2/c1-15-9-8-10-16(2)20(15)23-22(25)19-14-7-6-13-18(19)21(24)17-11-4-3-5-12-17/h3-14H,1-2H3,(H,23,25). The van der Waals surface area contributed by atoms with Gasteiger partial charge in [0, 0.05) is 16.8 Å². The molecule has 0 saturated carbocycles. The van der Waals surface area contributed by atoms with E-state index in [2.05, 4.69) is 5.32 Å². The summed E-state index contributed by atoms with van der Waals surface area (Å²) in [5.74, 6) is -0.440. The average Bonchev–Trinajstić information content (AvgIpc) is 2.65. The highest BCUT2D eigenvalue weighted by molar-refractivity contribution is 6.17. The fourth-order valence-corrected chi connectivity index (χ4v) is 2.82. The Balaban J connectivity index is 1.96. The highest BCUT2D eigenvalue weighted by atomic mass is 16.2. The van der Waals surface area contributed by atoms with Gasteiger partial charge in [0.25, 0.3) is 5.91 Å². The van der Waals surface area contributed by atoms with E-state index < -0.39 is 0 Å². The molecule has 0 unspecified atom stereocenters. The summed E-state index contributed by atoms with van der Waals surface area (Å²) in [5.41, 5.74) is 4.10. The van der Waals surface area contributed by atoms with Gasteiger partial charge in [-0.05, 0) is 31.0 Å². The van der Waals surface area contributed by atoms with Crippen LogP contribution >= 0.6 is 0 Å². The van der Waals surface area contributed by atoms with Crippen LogP contribution in [0.4, 0.5) is 5.69 Å². The number of hydrogen-bond acceptors (Lipinski definition) is 2. The number of para-hydroxylation sites is 1. The van der Waals surface area contributed by atoms with Crippen molar-refractivity contribution in [3.63, 3.8) is 0 Å². The normalized spacial score (nSPS) is 10.3. The van der Waals surface area contributed by atoms with Gasteiger partial charge in [-0.3, -0.25) is 9.59 Å². The zero-order chi connectivity index (χ0) is 17.8. The van der Waals surface area contributed by atoms with Crippen molar-refractivity contribution >= 4 is 17.4 Å². The van der Waals surface area contributed by atoms with Gasteiger partial charge in [-0.2, -0.15) is 0 Å². The summed E-state index contributed by atoms with van der Waals surface area (Å²) >= 11 is 0. The first-order chi connectivity index (χ1) is 12.1. The smallest absolute Gasteiger partial charge is 0.256 e. The first-order valence-corrected chi connectivity index (χ1v) is 8.14. The van der Waals surface area contributed by atoms with Crippen molar-refractivity contribution in [1.82, 2.24) is 0 Å². The molecule has 0 heterocycles. The predicted molar refractivity (Wildman–Crippen MR) is 100 cm³/mol. The molecule has 0 radical (unpaired) electrons. The highest BCUT2D eigenvalue weighted by Crippen LogP contribution is 2.22. The molecule has 3 nitrogen and oxygen atoms in total. The summed E-state index contributed by atoms with van der Waals surface area (Å²) < 4.78 is 0. The number of nitrogens with one attached hydrogen (secondary N) is 1. The first kappa shape index (κ1) is 16.7. The molecule has 25 heavy (non-hydrogen) atoms. The minimum Gasteiger partial charge on any atom is -0.321 e. The van der Waals surface area contributed by atoms with Crippen molar-refractivity contribution in [3.05, 3.63) is 101 Å². The molecule has 3 heteroatoms. The van der Waals surface area contributed by atoms with Crippen LogP contribution in [0.15, 0.2) is 72.8 Å². The largest absolute Gasteiger partial charge is 0.321 e. The summed E-state index contributed by atoms with van der Waals surface area (Å²) in [7, 11) is 0. The van der Waals surface area contributed by atoms with Crippen LogP contribution in [0.5, 0.6) is 0 Å². The second-order valence-corrected chi connectivity index (χ2v) is 5.96. The SMILES string of the molecule is Cc1cccc(C)c1NC(=O)c1ccccc1C(=O)c1ccccc1. The molecule has 0 aliphatic heterocycles. The van der Waals surface area contributed by atoms with Crippen molar-refractivity contribution < 1.29 is 9.59 Å². The van der Waals surface area contributed by atoms with E-state index in [1.807, 2.05) is 50.2 Å². The van der Waals surface area contributed by atoms with Crippen molar-refractivity contribution in [3.8, 4) is 0 Å². The molecule has 0 bridgehead atoms. The van der Waals surface area contributed by atoms with E-state index in [0.717, 1.165) is 16.8 Å². The van der Waals surface area contributed by atoms with Gasteiger partial charge >= 0.3 is 0 Å². The highest BCUT2D eigenvalue weighted by Gasteiger charge is 2.18. The van der Waals surface area contributed by atoms with Gasteiger partial charge in [0.05, 0.1) is 5.56 Å². The van der Waals surface area contributed by atoms with E-state index in [9.17, 15) is 9.59 Å². The minimum atomic E-state index is -0.280. The van der Waals surface area contributed by atoms with Gasteiger partial charge in [0.2, 0.25) is 0 Å². The fraction of sp³-hybridized carbons (Fsp3) is 0.0909. The maximum absolute atomic E-state index is 12.8. The lowest BCUT2D eigenvalue weighted by Crippen LogP contribution is -2.18. The fourth-order valence-electron chi connectivity index (χ4n) is 2.82. The molecule has 1 amide bonds. The Morgan fingerprint density at radius 2 is 1.24 bits per heavy atom. The van der Waals surface area contributed by atoms with Crippen LogP contribution < -0.4 is 5.32 Å². The molecule has 124 valence electrons. The Hall–Kier alpha value is -3.20. The summed E-state index contributed by atoms with van der Waals surface area (Å²) in [6, 6.07) is 21.7. The van der Waals surface area contributed by atoms with Gasteiger partial charge < -0.3 is 5.32 Å². The molecule has 3 aromatic rings. The molecule has 0 saturated heterocycles. The summed E-state index contributed by atoms with van der Waals surface area (Å²) in [6.07, 6.45) is 0. The van der Waals surface area contributed by atoms with Crippen LogP contribution in [0.1, 0.15) is 37.4 Å². The number of carbonyl (C=O) groups is 2. The van der Waals surface area contributed by atoms with Crippen molar-refractivity contribution in [1.29, 1.82) is 0 Å². The molecule has 0 spiro atoms. The van der Waals surface area contributed by atoms with Crippen molar-refractivity contribution in [2.45, 2.75) is 13.8 Å². The molecule has 3 rings (SSSR count).